The fraction of sp³-hybridized carbons (Fsp3) is 0.133. The van der Waals surface area contributed by atoms with E-state index in [-0.39, 0.29) is 16.1 Å². The second-order valence-corrected chi connectivity index (χ2v) is 7.36. The molecule has 0 atom stereocenters. The van der Waals surface area contributed by atoms with E-state index in [1.165, 1.54) is 24.3 Å². The van der Waals surface area contributed by atoms with E-state index in [2.05, 4.69) is 20.7 Å². The van der Waals surface area contributed by atoms with Gasteiger partial charge in [-0.2, -0.15) is 0 Å². The number of nitrogens with one attached hydrogen (secondary N) is 1. The Hall–Kier alpha value is -1.86. The maximum atomic E-state index is 12.5. The van der Waals surface area contributed by atoms with Gasteiger partial charge >= 0.3 is 5.97 Å². The number of benzene rings is 2. The van der Waals surface area contributed by atoms with Gasteiger partial charge in [-0.3, -0.25) is 4.72 Å². The Bertz CT molecular complexity index is 847. The molecule has 7 heteroatoms. The Morgan fingerprint density at radius 3 is 2.41 bits per heavy atom. The Kier molecular flexibility index (Phi) is 4.58. The monoisotopic (exact) mass is 383 g/mol. The van der Waals surface area contributed by atoms with Crippen molar-refractivity contribution in [1.29, 1.82) is 0 Å². The molecule has 0 aliphatic carbocycles. The molecule has 0 aliphatic heterocycles. The summed E-state index contributed by atoms with van der Waals surface area (Å²) < 4.78 is 27.8. The second-order valence-electron chi connectivity index (χ2n) is 4.86. The number of carboxylic acids is 1. The van der Waals surface area contributed by atoms with Gasteiger partial charge in [-0.25, -0.2) is 13.2 Å². The van der Waals surface area contributed by atoms with Crippen LogP contribution in [0.1, 0.15) is 21.5 Å². The molecule has 5 nitrogen and oxygen atoms in total. The average molecular weight is 384 g/mol. The molecule has 2 aromatic carbocycles. The third-order valence-electron chi connectivity index (χ3n) is 3.20. The van der Waals surface area contributed by atoms with E-state index in [9.17, 15) is 13.2 Å². The van der Waals surface area contributed by atoms with Crippen LogP contribution in [0.3, 0.4) is 0 Å². The van der Waals surface area contributed by atoms with Crippen molar-refractivity contribution < 1.29 is 18.3 Å². The first-order valence-corrected chi connectivity index (χ1v) is 8.61. The predicted octanol–water partition coefficient (Wildman–Crippen LogP) is 3.56. The summed E-state index contributed by atoms with van der Waals surface area (Å²) in [6.07, 6.45) is 0. The van der Waals surface area contributed by atoms with Crippen LogP contribution in [0.4, 0.5) is 5.69 Å². The largest absolute Gasteiger partial charge is 0.478 e. The summed E-state index contributed by atoms with van der Waals surface area (Å²) in [5.74, 6) is -1.12. The van der Waals surface area contributed by atoms with Crippen LogP contribution in [0.2, 0.25) is 0 Å². The van der Waals surface area contributed by atoms with Crippen LogP contribution in [0.5, 0.6) is 0 Å². The van der Waals surface area contributed by atoms with Crippen molar-refractivity contribution in [2.24, 2.45) is 0 Å². The lowest BCUT2D eigenvalue weighted by Crippen LogP contribution is -2.14. The first kappa shape index (κ1) is 16.5. The first-order valence-electron chi connectivity index (χ1n) is 6.33. The van der Waals surface area contributed by atoms with Gasteiger partial charge in [0.05, 0.1) is 5.56 Å². The van der Waals surface area contributed by atoms with E-state index in [0.29, 0.717) is 4.47 Å². The van der Waals surface area contributed by atoms with Gasteiger partial charge in [-0.1, -0.05) is 6.07 Å². The minimum atomic E-state index is -3.82. The molecule has 0 unspecified atom stereocenters. The number of hydrogen-bond donors (Lipinski definition) is 2. The Morgan fingerprint density at radius 2 is 1.77 bits per heavy atom. The van der Waals surface area contributed by atoms with E-state index in [1.807, 2.05) is 13.8 Å². The highest BCUT2D eigenvalue weighted by molar-refractivity contribution is 9.10. The van der Waals surface area contributed by atoms with Gasteiger partial charge in [-0.15, -0.1) is 0 Å². The van der Waals surface area contributed by atoms with Gasteiger partial charge in [0.2, 0.25) is 0 Å². The standard InChI is InChI=1S/C15H14BrNO4S/c1-9-6-13(16)14(7-10(9)2)22(20,21)17-12-5-3-4-11(8-12)15(18)19/h3-8,17H,1-2H3,(H,18,19). The number of halogens is 1. The molecule has 0 saturated carbocycles. The smallest absolute Gasteiger partial charge is 0.335 e. The van der Waals surface area contributed by atoms with Crippen LogP contribution in [-0.2, 0) is 10.0 Å². The van der Waals surface area contributed by atoms with E-state index < -0.39 is 16.0 Å². The van der Waals surface area contributed by atoms with Gasteiger partial charge in [0, 0.05) is 10.2 Å². The van der Waals surface area contributed by atoms with Crippen LogP contribution in [0.15, 0.2) is 45.8 Å². The molecule has 116 valence electrons. The lowest BCUT2D eigenvalue weighted by atomic mass is 10.1. The molecule has 0 heterocycles. The molecule has 0 aliphatic rings. The number of anilines is 1. The SMILES string of the molecule is Cc1cc(Br)c(S(=O)(=O)Nc2cccc(C(=O)O)c2)cc1C. The topological polar surface area (TPSA) is 83.5 Å². The molecule has 22 heavy (non-hydrogen) atoms. The summed E-state index contributed by atoms with van der Waals surface area (Å²) >= 11 is 3.25. The highest BCUT2D eigenvalue weighted by atomic mass is 79.9. The molecule has 2 rings (SSSR count). The highest BCUT2D eigenvalue weighted by Gasteiger charge is 2.19. The minimum absolute atomic E-state index is 0.0133. The van der Waals surface area contributed by atoms with Crippen LogP contribution >= 0.6 is 15.9 Å². The quantitative estimate of drug-likeness (QED) is 0.844. The third kappa shape index (κ3) is 3.48. The zero-order chi connectivity index (χ0) is 16.5. The van der Waals surface area contributed by atoms with Gasteiger partial charge < -0.3 is 5.11 Å². The van der Waals surface area contributed by atoms with Crippen LogP contribution in [-0.4, -0.2) is 19.5 Å². The number of aryl methyl sites for hydroxylation is 2. The van der Waals surface area contributed by atoms with Crippen molar-refractivity contribution >= 4 is 37.6 Å². The molecular formula is C15H14BrNO4S. The van der Waals surface area contributed by atoms with Crippen molar-refractivity contribution in [2.45, 2.75) is 18.7 Å². The van der Waals surface area contributed by atoms with Gasteiger partial charge in [0.15, 0.2) is 0 Å². The van der Waals surface area contributed by atoms with E-state index in [1.54, 1.807) is 12.1 Å². The molecule has 0 radical (unpaired) electrons. The fourth-order valence-electron chi connectivity index (χ4n) is 1.89. The molecule has 0 spiro atoms. The molecule has 0 bridgehead atoms. The molecule has 2 N–H and O–H groups in total. The van der Waals surface area contributed by atoms with E-state index >= 15 is 0 Å². The Morgan fingerprint density at radius 1 is 1.14 bits per heavy atom. The molecule has 0 fully saturated rings. The zero-order valence-electron chi connectivity index (χ0n) is 11.9. The summed E-state index contributed by atoms with van der Waals surface area (Å²) in [7, 11) is -3.82. The average Bonchev–Trinajstić information content (AvgIpc) is 2.42. The van der Waals surface area contributed by atoms with Crippen molar-refractivity contribution in [2.75, 3.05) is 4.72 Å². The normalized spacial score (nSPS) is 11.2. The summed E-state index contributed by atoms with van der Waals surface area (Å²) in [5, 5.41) is 8.95. The van der Waals surface area contributed by atoms with E-state index in [0.717, 1.165) is 11.1 Å². The fourth-order valence-corrected chi connectivity index (χ4v) is 4.18. The number of carbonyl (C=O) groups is 1. The Labute approximate surface area is 137 Å². The van der Waals surface area contributed by atoms with Crippen molar-refractivity contribution in [3.8, 4) is 0 Å². The highest BCUT2D eigenvalue weighted by Crippen LogP contribution is 2.27. The molecule has 2 aromatic rings. The van der Waals surface area contributed by atoms with Crippen molar-refractivity contribution in [3.05, 3.63) is 57.6 Å². The molecule has 0 amide bonds. The maximum absolute atomic E-state index is 12.5. The molecule has 0 saturated heterocycles. The number of aromatic carboxylic acids is 1. The van der Waals surface area contributed by atoms with Gasteiger partial charge in [-0.05, 0) is 71.2 Å². The lowest BCUT2D eigenvalue weighted by molar-refractivity contribution is 0.0697. The van der Waals surface area contributed by atoms with Crippen LogP contribution in [0, 0.1) is 13.8 Å². The number of hydrogen-bond acceptors (Lipinski definition) is 3. The lowest BCUT2D eigenvalue weighted by Gasteiger charge is -2.12. The van der Waals surface area contributed by atoms with Crippen molar-refractivity contribution in [3.63, 3.8) is 0 Å². The zero-order valence-corrected chi connectivity index (χ0v) is 14.3. The maximum Gasteiger partial charge on any atom is 0.335 e. The van der Waals surface area contributed by atoms with E-state index in [4.69, 9.17) is 5.11 Å². The third-order valence-corrected chi connectivity index (χ3v) is 5.54. The number of sulfonamides is 1. The second kappa shape index (κ2) is 6.10. The van der Waals surface area contributed by atoms with Crippen molar-refractivity contribution in [1.82, 2.24) is 0 Å². The Balaban J connectivity index is 2.42. The first-order chi connectivity index (χ1) is 10.2. The summed E-state index contributed by atoms with van der Waals surface area (Å²) in [4.78, 5) is 11.0. The summed E-state index contributed by atoms with van der Waals surface area (Å²) in [6.45, 7) is 3.71. The van der Waals surface area contributed by atoms with Crippen LogP contribution < -0.4 is 4.72 Å². The summed E-state index contributed by atoms with van der Waals surface area (Å²) in [5.41, 5.74) is 2.03. The van der Waals surface area contributed by atoms with Gasteiger partial charge in [0.1, 0.15) is 4.90 Å². The van der Waals surface area contributed by atoms with Gasteiger partial charge in [0.25, 0.3) is 10.0 Å². The minimum Gasteiger partial charge on any atom is -0.478 e. The van der Waals surface area contributed by atoms with Crippen LogP contribution in [0.25, 0.3) is 0 Å². The predicted molar refractivity (Wildman–Crippen MR) is 87.8 cm³/mol. The number of rotatable bonds is 4. The molecule has 0 aromatic heterocycles. The number of carboxylic acid groups (broad SMARTS) is 1. The summed E-state index contributed by atoms with van der Waals surface area (Å²) in [6, 6.07) is 8.96. The molecular weight excluding hydrogens is 370 g/mol.